The average molecular weight is 360 g/mol. The van der Waals surface area contributed by atoms with Crippen LogP contribution in [0, 0.1) is 0 Å². The third-order valence-corrected chi connectivity index (χ3v) is 4.22. The van der Waals surface area contributed by atoms with Crippen LogP contribution in [0.25, 0.3) is 28.0 Å². The van der Waals surface area contributed by atoms with E-state index in [1.807, 2.05) is 54.7 Å². The molecule has 0 saturated carbocycles. The summed E-state index contributed by atoms with van der Waals surface area (Å²) in [6, 6.07) is 18.5. The monoisotopic (exact) mass is 360 g/mol. The van der Waals surface area contributed by atoms with Gasteiger partial charge in [-0.25, -0.2) is 9.20 Å². The zero-order valence-corrected chi connectivity index (χ0v) is 14.6. The maximum atomic E-state index is 12.1. The van der Waals surface area contributed by atoms with Crippen molar-refractivity contribution in [3.8, 4) is 22.5 Å². The number of carbonyl (C=O) groups excluding carboxylic acids is 1. The first-order chi connectivity index (χ1) is 13.2. The summed E-state index contributed by atoms with van der Waals surface area (Å²) < 4.78 is 7.52. The Hall–Kier alpha value is -3.74. The number of methoxy groups -OCH3 is 1. The van der Waals surface area contributed by atoms with Gasteiger partial charge in [-0.3, -0.25) is 9.59 Å². The molecule has 0 bridgehead atoms. The Morgan fingerprint density at radius 3 is 2.56 bits per heavy atom. The van der Waals surface area contributed by atoms with Crippen molar-refractivity contribution in [2.75, 3.05) is 7.11 Å². The standard InChI is InChI=1S/C20H16N4O3/c1-27-18(26)13-24-17(25)11-10-15(21-24)19-16-9-5-6-12-23(16)22-20(19)14-7-3-2-4-8-14/h2-12H,13H2,1H3. The summed E-state index contributed by atoms with van der Waals surface area (Å²) >= 11 is 0. The van der Waals surface area contributed by atoms with Crippen molar-refractivity contribution < 1.29 is 9.53 Å². The van der Waals surface area contributed by atoms with E-state index in [-0.39, 0.29) is 12.1 Å². The smallest absolute Gasteiger partial charge is 0.327 e. The molecule has 3 aromatic heterocycles. The lowest BCUT2D eigenvalue weighted by atomic mass is 10.0. The fraction of sp³-hybridized carbons (Fsp3) is 0.100. The fourth-order valence-electron chi connectivity index (χ4n) is 2.93. The van der Waals surface area contributed by atoms with Gasteiger partial charge in [-0.2, -0.15) is 10.2 Å². The number of pyridine rings is 1. The van der Waals surface area contributed by atoms with Crippen molar-refractivity contribution in [1.29, 1.82) is 0 Å². The number of fused-ring (bicyclic) bond motifs is 1. The summed E-state index contributed by atoms with van der Waals surface area (Å²) in [7, 11) is 1.27. The van der Waals surface area contributed by atoms with Crippen LogP contribution < -0.4 is 5.56 Å². The number of hydrogen-bond acceptors (Lipinski definition) is 5. The van der Waals surface area contributed by atoms with Gasteiger partial charge in [0.1, 0.15) is 12.2 Å². The molecule has 7 heteroatoms. The van der Waals surface area contributed by atoms with Crippen LogP contribution in [0.15, 0.2) is 71.7 Å². The molecule has 0 unspecified atom stereocenters. The Bertz CT molecular complexity index is 1180. The molecule has 0 saturated heterocycles. The summed E-state index contributed by atoms with van der Waals surface area (Å²) in [5, 5.41) is 9.08. The first-order valence-corrected chi connectivity index (χ1v) is 8.35. The zero-order valence-electron chi connectivity index (χ0n) is 14.6. The van der Waals surface area contributed by atoms with E-state index in [0.29, 0.717) is 5.69 Å². The molecule has 0 aliphatic rings. The molecule has 3 heterocycles. The molecular weight excluding hydrogens is 344 g/mol. The van der Waals surface area contributed by atoms with Crippen molar-refractivity contribution in [2.24, 2.45) is 0 Å². The topological polar surface area (TPSA) is 78.5 Å². The second kappa shape index (κ2) is 6.87. The van der Waals surface area contributed by atoms with Crippen LogP contribution >= 0.6 is 0 Å². The van der Waals surface area contributed by atoms with Crippen molar-refractivity contribution >= 4 is 11.5 Å². The normalized spacial score (nSPS) is 10.9. The second-order valence-corrected chi connectivity index (χ2v) is 5.91. The number of aromatic nitrogens is 4. The number of carbonyl (C=O) groups is 1. The minimum atomic E-state index is -0.537. The third-order valence-electron chi connectivity index (χ3n) is 4.22. The van der Waals surface area contributed by atoms with Crippen LogP contribution in [0.4, 0.5) is 0 Å². The lowest BCUT2D eigenvalue weighted by molar-refractivity contribution is -0.141. The van der Waals surface area contributed by atoms with Crippen molar-refractivity contribution in [1.82, 2.24) is 19.4 Å². The van der Waals surface area contributed by atoms with Gasteiger partial charge in [0.2, 0.25) is 0 Å². The van der Waals surface area contributed by atoms with Gasteiger partial charge in [0, 0.05) is 17.8 Å². The van der Waals surface area contributed by atoms with Crippen molar-refractivity contribution in [3.05, 3.63) is 77.2 Å². The van der Waals surface area contributed by atoms with Crippen LogP contribution in [-0.4, -0.2) is 32.5 Å². The Balaban J connectivity index is 1.95. The molecule has 134 valence electrons. The van der Waals surface area contributed by atoms with Crippen LogP contribution in [-0.2, 0) is 16.1 Å². The predicted octanol–water partition coefficient (Wildman–Crippen LogP) is 2.40. The summed E-state index contributed by atoms with van der Waals surface area (Å²) in [6.07, 6.45) is 1.86. The molecule has 4 aromatic rings. The van der Waals surface area contributed by atoms with Crippen LogP contribution in [0.5, 0.6) is 0 Å². The molecule has 0 radical (unpaired) electrons. The van der Waals surface area contributed by atoms with E-state index in [1.165, 1.54) is 13.2 Å². The van der Waals surface area contributed by atoms with E-state index in [0.717, 1.165) is 27.0 Å². The molecule has 1 aromatic carbocycles. The fourth-order valence-corrected chi connectivity index (χ4v) is 2.93. The van der Waals surface area contributed by atoms with E-state index in [2.05, 4.69) is 14.9 Å². The van der Waals surface area contributed by atoms with Crippen molar-refractivity contribution in [3.63, 3.8) is 0 Å². The highest BCUT2D eigenvalue weighted by Crippen LogP contribution is 2.33. The third kappa shape index (κ3) is 3.10. The molecule has 27 heavy (non-hydrogen) atoms. The average Bonchev–Trinajstić information content (AvgIpc) is 3.10. The van der Waals surface area contributed by atoms with Gasteiger partial charge in [0.25, 0.3) is 5.56 Å². The maximum Gasteiger partial charge on any atom is 0.327 e. The minimum absolute atomic E-state index is 0.247. The van der Waals surface area contributed by atoms with E-state index < -0.39 is 5.97 Å². The molecule has 0 N–H and O–H groups in total. The molecule has 0 fully saturated rings. The van der Waals surface area contributed by atoms with Gasteiger partial charge in [0.05, 0.1) is 23.9 Å². The number of benzene rings is 1. The SMILES string of the molecule is COC(=O)Cn1nc(-c2c(-c3ccccc3)nn3ccccc23)ccc1=O. The van der Waals surface area contributed by atoms with Gasteiger partial charge in [-0.1, -0.05) is 36.4 Å². The summed E-state index contributed by atoms with van der Waals surface area (Å²) in [5.41, 5.74) is 3.51. The second-order valence-electron chi connectivity index (χ2n) is 5.91. The summed E-state index contributed by atoms with van der Waals surface area (Å²) in [4.78, 5) is 23.7. The molecular formula is C20H16N4O3. The first kappa shape index (κ1) is 16.7. The molecule has 0 aliphatic carbocycles. The Morgan fingerprint density at radius 2 is 1.78 bits per heavy atom. The van der Waals surface area contributed by atoms with E-state index in [9.17, 15) is 9.59 Å². The number of nitrogens with zero attached hydrogens (tertiary/aromatic N) is 4. The number of ether oxygens (including phenoxy) is 1. The van der Waals surface area contributed by atoms with Crippen LogP contribution in [0.1, 0.15) is 0 Å². The van der Waals surface area contributed by atoms with E-state index in [4.69, 9.17) is 0 Å². The minimum Gasteiger partial charge on any atom is -0.468 e. The largest absolute Gasteiger partial charge is 0.468 e. The Morgan fingerprint density at radius 1 is 1.00 bits per heavy atom. The van der Waals surface area contributed by atoms with Crippen LogP contribution in [0.3, 0.4) is 0 Å². The van der Waals surface area contributed by atoms with Crippen LogP contribution in [0.2, 0.25) is 0 Å². The van der Waals surface area contributed by atoms with E-state index in [1.54, 1.807) is 10.6 Å². The highest BCUT2D eigenvalue weighted by Gasteiger charge is 2.18. The number of rotatable bonds is 4. The molecule has 0 amide bonds. The van der Waals surface area contributed by atoms with Gasteiger partial charge in [0.15, 0.2) is 0 Å². The molecule has 0 aliphatic heterocycles. The molecule has 0 spiro atoms. The summed E-state index contributed by atoms with van der Waals surface area (Å²) in [6.45, 7) is -0.247. The summed E-state index contributed by atoms with van der Waals surface area (Å²) in [5.74, 6) is -0.537. The number of hydrogen-bond donors (Lipinski definition) is 0. The predicted molar refractivity (Wildman–Crippen MR) is 100 cm³/mol. The highest BCUT2D eigenvalue weighted by molar-refractivity contribution is 5.90. The number of esters is 1. The zero-order chi connectivity index (χ0) is 18.8. The van der Waals surface area contributed by atoms with Gasteiger partial charge in [-0.05, 0) is 18.2 Å². The first-order valence-electron chi connectivity index (χ1n) is 8.35. The van der Waals surface area contributed by atoms with E-state index >= 15 is 0 Å². The quantitative estimate of drug-likeness (QED) is 0.522. The molecule has 0 atom stereocenters. The highest BCUT2D eigenvalue weighted by atomic mass is 16.5. The lowest BCUT2D eigenvalue weighted by Crippen LogP contribution is -2.26. The Kier molecular flexibility index (Phi) is 4.25. The molecule has 4 rings (SSSR count). The van der Waals surface area contributed by atoms with Gasteiger partial charge >= 0.3 is 5.97 Å². The van der Waals surface area contributed by atoms with Gasteiger partial charge < -0.3 is 4.74 Å². The lowest BCUT2D eigenvalue weighted by Gasteiger charge is -2.07. The van der Waals surface area contributed by atoms with Crippen molar-refractivity contribution in [2.45, 2.75) is 6.54 Å². The maximum absolute atomic E-state index is 12.1. The van der Waals surface area contributed by atoms with Gasteiger partial charge in [-0.15, -0.1) is 0 Å². The molecule has 7 nitrogen and oxygen atoms in total. The Labute approximate surface area is 154 Å².